The maximum absolute atomic E-state index is 12.6. The lowest BCUT2D eigenvalue weighted by Crippen LogP contribution is -2.17. The molecule has 0 radical (unpaired) electrons. The summed E-state index contributed by atoms with van der Waals surface area (Å²) >= 11 is 0. The molecule has 0 aliphatic rings. The SMILES string of the molecule is CCC(CC)Nc1ccc(C(F)(F)F)c(C)c1. The molecule has 17 heavy (non-hydrogen) atoms. The summed E-state index contributed by atoms with van der Waals surface area (Å²) in [5.74, 6) is 0. The molecule has 0 aliphatic carbocycles. The summed E-state index contributed by atoms with van der Waals surface area (Å²) in [5.41, 5.74) is 0.449. The smallest absolute Gasteiger partial charge is 0.382 e. The topological polar surface area (TPSA) is 12.0 Å². The average molecular weight is 245 g/mol. The lowest BCUT2D eigenvalue weighted by molar-refractivity contribution is -0.138. The lowest BCUT2D eigenvalue weighted by Gasteiger charge is -2.18. The van der Waals surface area contributed by atoms with Gasteiger partial charge in [-0.25, -0.2) is 0 Å². The van der Waals surface area contributed by atoms with Gasteiger partial charge in [0.15, 0.2) is 0 Å². The van der Waals surface area contributed by atoms with Gasteiger partial charge in [-0.3, -0.25) is 0 Å². The summed E-state index contributed by atoms with van der Waals surface area (Å²) in [6.07, 6.45) is -2.36. The minimum absolute atomic E-state index is 0.258. The molecule has 0 atom stereocenters. The molecule has 1 rings (SSSR count). The van der Waals surface area contributed by atoms with Gasteiger partial charge in [0, 0.05) is 11.7 Å². The van der Waals surface area contributed by atoms with Crippen LogP contribution in [0, 0.1) is 6.92 Å². The van der Waals surface area contributed by atoms with Crippen LogP contribution in [0.25, 0.3) is 0 Å². The minimum Gasteiger partial charge on any atom is -0.382 e. The summed E-state index contributed by atoms with van der Waals surface area (Å²) < 4.78 is 37.7. The van der Waals surface area contributed by atoms with E-state index >= 15 is 0 Å². The summed E-state index contributed by atoms with van der Waals surface area (Å²) in [6.45, 7) is 5.59. The van der Waals surface area contributed by atoms with Gasteiger partial charge in [-0.15, -0.1) is 0 Å². The van der Waals surface area contributed by atoms with E-state index in [1.165, 1.54) is 13.0 Å². The number of benzene rings is 1. The Morgan fingerprint density at radius 3 is 2.18 bits per heavy atom. The van der Waals surface area contributed by atoms with Gasteiger partial charge in [-0.05, 0) is 43.5 Å². The Labute approximate surface area is 100 Å². The molecule has 0 amide bonds. The predicted octanol–water partition coefficient (Wildman–Crippen LogP) is 4.61. The van der Waals surface area contributed by atoms with Gasteiger partial charge < -0.3 is 5.32 Å². The van der Waals surface area contributed by atoms with Gasteiger partial charge in [0.2, 0.25) is 0 Å². The summed E-state index contributed by atoms with van der Waals surface area (Å²) in [5, 5.41) is 3.23. The van der Waals surface area contributed by atoms with Crippen LogP contribution in [0.1, 0.15) is 37.8 Å². The first kappa shape index (κ1) is 13.9. The second kappa shape index (κ2) is 5.43. The van der Waals surface area contributed by atoms with Crippen LogP contribution in [0.5, 0.6) is 0 Å². The van der Waals surface area contributed by atoms with Crippen molar-refractivity contribution in [2.24, 2.45) is 0 Å². The third kappa shape index (κ3) is 3.65. The molecule has 0 saturated carbocycles. The summed E-state index contributed by atoms with van der Waals surface area (Å²) in [4.78, 5) is 0. The molecule has 0 spiro atoms. The van der Waals surface area contributed by atoms with Gasteiger partial charge >= 0.3 is 6.18 Å². The highest BCUT2D eigenvalue weighted by molar-refractivity contribution is 5.49. The monoisotopic (exact) mass is 245 g/mol. The van der Waals surface area contributed by atoms with Gasteiger partial charge in [0.1, 0.15) is 0 Å². The van der Waals surface area contributed by atoms with Crippen LogP contribution < -0.4 is 5.32 Å². The highest BCUT2D eigenvalue weighted by Gasteiger charge is 2.32. The van der Waals surface area contributed by atoms with Crippen LogP contribution in [0.15, 0.2) is 18.2 Å². The van der Waals surface area contributed by atoms with Crippen LogP contribution in [-0.4, -0.2) is 6.04 Å². The van der Waals surface area contributed by atoms with E-state index < -0.39 is 11.7 Å². The van der Waals surface area contributed by atoms with Crippen molar-refractivity contribution in [1.82, 2.24) is 0 Å². The highest BCUT2D eigenvalue weighted by Crippen LogP contribution is 2.33. The Kier molecular flexibility index (Phi) is 4.43. The van der Waals surface area contributed by atoms with Crippen molar-refractivity contribution in [1.29, 1.82) is 0 Å². The number of alkyl halides is 3. The number of aryl methyl sites for hydroxylation is 1. The first-order chi connectivity index (χ1) is 7.88. The summed E-state index contributed by atoms with van der Waals surface area (Å²) in [6, 6.07) is 4.50. The molecule has 0 bridgehead atoms. The van der Waals surface area contributed by atoms with E-state index in [0.717, 1.165) is 24.6 Å². The molecule has 0 fully saturated rings. The second-order valence-electron chi connectivity index (χ2n) is 4.19. The van der Waals surface area contributed by atoms with Gasteiger partial charge in [-0.1, -0.05) is 13.8 Å². The molecule has 0 unspecified atom stereocenters. The summed E-state index contributed by atoms with van der Waals surface area (Å²) in [7, 11) is 0. The average Bonchev–Trinajstić information content (AvgIpc) is 2.24. The molecule has 1 nitrogen and oxygen atoms in total. The van der Waals surface area contributed by atoms with Crippen molar-refractivity contribution < 1.29 is 13.2 Å². The molecule has 4 heteroatoms. The third-order valence-electron chi connectivity index (χ3n) is 2.89. The fraction of sp³-hybridized carbons (Fsp3) is 0.538. The number of anilines is 1. The zero-order valence-corrected chi connectivity index (χ0v) is 10.4. The first-order valence-electron chi connectivity index (χ1n) is 5.82. The number of hydrogen-bond acceptors (Lipinski definition) is 1. The molecule has 0 saturated heterocycles. The van der Waals surface area contributed by atoms with Crippen molar-refractivity contribution >= 4 is 5.69 Å². The zero-order valence-electron chi connectivity index (χ0n) is 10.4. The van der Waals surface area contributed by atoms with E-state index in [-0.39, 0.29) is 5.56 Å². The number of hydrogen-bond donors (Lipinski definition) is 1. The first-order valence-corrected chi connectivity index (χ1v) is 5.82. The fourth-order valence-corrected chi connectivity index (χ4v) is 1.80. The van der Waals surface area contributed by atoms with Crippen LogP contribution >= 0.6 is 0 Å². The molecule has 0 aromatic heterocycles. The van der Waals surface area contributed by atoms with E-state index in [9.17, 15) is 13.2 Å². The van der Waals surface area contributed by atoms with Crippen molar-refractivity contribution in [3.8, 4) is 0 Å². The zero-order chi connectivity index (χ0) is 13.1. The standard InChI is InChI=1S/C13H18F3N/c1-4-10(5-2)17-11-6-7-12(9(3)8-11)13(14,15)16/h6-8,10,17H,4-5H2,1-3H3. The number of rotatable bonds is 4. The Balaban J connectivity index is 2.89. The van der Waals surface area contributed by atoms with Crippen molar-refractivity contribution in [2.45, 2.75) is 45.8 Å². The van der Waals surface area contributed by atoms with E-state index in [1.807, 2.05) is 0 Å². The molecule has 96 valence electrons. The second-order valence-corrected chi connectivity index (χ2v) is 4.19. The van der Waals surface area contributed by atoms with Crippen LogP contribution in [0.2, 0.25) is 0 Å². The highest BCUT2D eigenvalue weighted by atomic mass is 19.4. The normalized spacial score (nSPS) is 11.9. The van der Waals surface area contributed by atoms with E-state index in [0.29, 0.717) is 6.04 Å². The van der Waals surface area contributed by atoms with E-state index in [1.54, 1.807) is 6.07 Å². The van der Waals surface area contributed by atoms with E-state index in [4.69, 9.17) is 0 Å². The Hall–Kier alpha value is -1.19. The molecular formula is C13H18F3N. The van der Waals surface area contributed by atoms with Crippen LogP contribution in [0.4, 0.5) is 18.9 Å². The number of halogens is 3. The molecule has 0 aliphatic heterocycles. The fourth-order valence-electron chi connectivity index (χ4n) is 1.80. The van der Waals surface area contributed by atoms with Crippen molar-refractivity contribution in [3.05, 3.63) is 29.3 Å². The number of nitrogens with one attached hydrogen (secondary N) is 1. The Morgan fingerprint density at radius 1 is 1.18 bits per heavy atom. The molecule has 1 aromatic rings. The van der Waals surface area contributed by atoms with Crippen LogP contribution in [0.3, 0.4) is 0 Å². The largest absolute Gasteiger partial charge is 0.416 e. The third-order valence-corrected chi connectivity index (χ3v) is 2.89. The van der Waals surface area contributed by atoms with Gasteiger partial charge in [0.05, 0.1) is 5.56 Å². The Bertz CT molecular complexity index is 367. The Morgan fingerprint density at radius 2 is 1.76 bits per heavy atom. The molecule has 1 aromatic carbocycles. The molecule has 1 N–H and O–H groups in total. The quantitative estimate of drug-likeness (QED) is 0.816. The van der Waals surface area contributed by atoms with Crippen molar-refractivity contribution in [3.63, 3.8) is 0 Å². The van der Waals surface area contributed by atoms with Crippen molar-refractivity contribution in [2.75, 3.05) is 5.32 Å². The maximum atomic E-state index is 12.6. The molecule has 0 heterocycles. The maximum Gasteiger partial charge on any atom is 0.416 e. The van der Waals surface area contributed by atoms with Gasteiger partial charge in [0.25, 0.3) is 0 Å². The lowest BCUT2D eigenvalue weighted by atomic mass is 10.1. The minimum atomic E-state index is -4.27. The predicted molar refractivity (Wildman–Crippen MR) is 64.2 cm³/mol. The van der Waals surface area contributed by atoms with Crippen LogP contribution in [-0.2, 0) is 6.18 Å². The van der Waals surface area contributed by atoms with E-state index in [2.05, 4.69) is 19.2 Å². The molecular weight excluding hydrogens is 227 g/mol. The van der Waals surface area contributed by atoms with Gasteiger partial charge in [-0.2, -0.15) is 13.2 Å².